The molecule has 0 saturated heterocycles. The molecule has 0 fully saturated rings. The molecule has 0 aromatic heterocycles. The average Bonchev–Trinajstić information content (AvgIpc) is 2.86. The minimum Gasteiger partial charge on any atom is -0.324 e. The van der Waals surface area contributed by atoms with Crippen LogP contribution in [0, 0.1) is 0 Å². The lowest BCUT2D eigenvalue weighted by Crippen LogP contribution is -2.33. The van der Waals surface area contributed by atoms with Gasteiger partial charge in [-0.3, -0.25) is 4.57 Å². The van der Waals surface area contributed by atoms with Crippen LogP contribution in [0.1, 0.15) is 187 Å². The van der Waals surface area contributed by atoms with Crippen LogP contribution in [0.4, 0.5) is 0 Å². The van der Waals surface area contributed by atoms with E-state index in [0.717, 1.165) is 0 Å². The molecule has 5 heteroatoms. The van der Waals surface area contributed by atoms with E-state index in [0.29, 0.717) is 6.42 Å². The molecule has 236 valence electrons. The standard InChI is InChI=1S/C34H72O3P2/c1-6-8-10-12-14-16-18-20-22-24-26-28-30-34(38(3,4)5,32-33-39(35,36)37)31-29-27-25-23-21-19-17-15-13-11-9-7-2/h6-33H2,1-5H3,(H-,35,36,37)/p+1. The molecule has 0 amide bonds. The van der Waals surface area contributed by atoms with Gasteiger partial charge in [-0.1, -0.05) is 155 Å². The van der Waals surface area contributed by atoms with Crippen molar-refractivity contribution < 1.29 is 14.4 Å². The van der Waals surface area contributed by atoms with Crippen LogP contribution in [0.5, 0.6) is 0 Å². The normalized spacial score (nSPS) is 12.9. The summed E-state index contributed by atoms with van der Waals surface area (Å²) in [6, 6.07) is 0. The fourth-order valence-corrected chi connectivity index (χ4v) is 9.66. The lowest BCUT2D eigenvalue weighted by molar-refractivity contribution is 0.359. The van der Waals surface area contributed by atoms with Crippen LogP contribution in [-0.4, -0.2) is 41.1 Å². The van der Waals surface area contributed by atoms with Gasteiger partial charge >= 0.3 is 7.60 Å². The summed E-state index contributed by atoms with van der Waals surface area (Å²) >= 11 is 0. The molecule has 0 spiro atoms. The van der Waals surface area contributed by atoms with Crippen LogP contribution in [0.3, 0.4) is 0 Å². The maximum Gasteiger partial charge on any atom is 0.325 e. The molecule has 0 aliphatic carbocycles. The van der Waals surface area contributed by atoms with Gasteiger partial charge in [0.15, 0.2) is 0 Å². The molecule has 0 rings (SSSR count). The zero-order valence-corrected chi connectivity index (χ0v) is 29.3. The monoisotopic (exact) mass is 592 g/mol. The molecule has 0 aliphatic heterocycles. The third kappa shape index (κ3) is 23.8. The molecule has 0 unspecified atom stereocenters. The zero-order chi connectivity index (χ0) is 29.3. The highest BCUT2D eigenvalue weighted by Gasteiger charge is 2.47. The first-order chi connectivity index (χ1) is 18.6. The molecular formula is C34H73O3P2+. The lowest BCUT2D eigenvalue weighted by Gasteiger charge is -2.40. The Bertz CT molecular complexity index is 539. The second-order valence-corrected chi connectivity index (χ2v) is 20.4. The fraction of sp³-hybridized carbons (Fsp3) is 1.00. The average molecular weight is 592 g/mol. The van der Waals surface area contributed by atoms with Crippen LogP contribution in [0.25, 0.3) is 0 Å². The highest BCUT2D eigenvalue weighted by Crippen LogP contribution is 2.66. The van der Waals surface area contributed by atoms with Crippen molar-refractivity contribution in [3.05, 3.63) is 0 Å². The van der Waals surface area contributed by atoms with Crippen molar-refractivity contribution in [3.63, 3.8) is 0 Å². The molecule has 0 radical (unpaired) electrons. The summed E-state index contributed by atoms with van der Waals surface area (Å²) in [5.74, 6) is 0. The number of unbranched alkanes of at least 4 members (excludes halogenated alkanes) is 22. The van der Waals surface area contributed by atoms with E-state index in [1.165, 1.54) is 167 Å². The maximum atomic E-state index is 11.9. The van der Waals surface area contributed by atoms with Crippen LogP contribution in [0.2, 0.25) is 0 Å². The summed E-state index contributed by atoms with van der Waals surface area (Å²) < 4.78 is 11.9. The minimum absolute atomic E-state index is 0.0702. The largest absolute Gasteiger partial charge is 0.325 e. The van der Waals surface area contributed by atoms with Crippen LogP contribution in [0.15, 0.2) is 0 Å². The van der Waals surface area contributed by atoms with Gasteiger partial charge in [0, 0.05) is 27.3 Å². The van der Waals surface area contributed by atoms with Crippen LogP contribution in [-0.2, 0) is 4.57 Å². The van der Waals surface area contributed by atoms with Crippen molar-refractivity contribution in [2.45, 2.75) is 192 Å². The SMILES string of the molecule is CCCCCCCCCCCCCCC(CCCCCCCCCCCCCC)(CCP(=O)(O)O)[P+](C)(C)C. The topological polar surface area (TPSA) is 57.5 Å². The summed E-state index contributed by atoms with van der Waals surface area (Å²) in [5, 5.41) is 0.144. The minimum atomic E-state index is -3.95. The van der Waals surface area contributed by atoms with Crippen LogP contribution < -0.4 is 0 Å². The van der Waals surface area contributed by atoms with Gasteiger partial charge in [0.05, 0.1) is 11.3 Å². The Balaban J connectivity index is 4.39. The number of hydrogen-bond donors (Lipinski definition) is 2. The summed E-state index contributed by atoms with van der Waals surface area (Å²) in [4.78, 5) is 19.4. The first-order valence-electron chi connectivity index (χ1n) is 17.4. The van der Waals surface area contributed by atoms with Gasteiger partial charge in [-0.25, -0.2) is 0 Å². The van der Waals surface area contributed by atoms with Crippen molar-refractivity contribution in [1.82, 2.24) is 0 Å². The van der Waals surface area contributed by atoms with E-state index < -0.39 is 14.9 Å². The van der Waals surface area contributed by atoms with E-state index in [4.69, 9.17) is 0 Å². The highest BCUT2D eigenvalue weighted by atomic mass is 31.2. The van der Waals surface area contributed by atoms with Gasteiger partial charge in [-0.2, -0.15) is 0 Å². The van der Waals surface area contributed by atoms with Gasteiger partial charge < -0.3 is 9.79 Å². The van der Waals surface area contributed by atoms with Crippen molar-refractivity contribution >= 4 is 14.9 Å². The molecule has 0 bridgehead atoms. The van der Waals surface area contributed by atoms with Gasteiger partial charge in [-0.05, 0) is 32.1 Å². The number of rotatable bonds is 30. The third-order valence-electron chi connectivity index (χ3n) is 9.28. The first kappa shape index (κ1) is 39.6. The molecular weight excluding hydrogens is 518 g/mol. The summed E-state index contributed by atoms with van der Waals surface area (Å²) in [6.45, 7) is 11.8. The Kier molecular flexibility index (Phi) is 25.5. The second kappa shape index (κ2) is 25.1. The quantitative estimate of drug-likeness (QED) is 0.0645. The predicted molar refractivity (Wildman–Crippen MR) is 180 cm³/mol. The van der Waals surface area contributed by atoms with Crippen molar-refractivity contribution in [1.29, 1.82) is 0 Å². The molecule has 0 atom stereocenters. The van der Waals surface area contributed by atoms with E-state index in [9.17, 15) is 14.4 Å². The first-order valence-corrected chi connectivity index (χ1v) is 22.4. The Labute approximate surface area is 247 Å². The lowest BCUT2D eigenvalue weighted by atomic mass is 9.90. The van der Waals surface area contributed by atoms with Gasteiger partial charge in [-0.15, -0.1) is 0 Å². The van der Waals surface area contributed by atoms with Crippen molar-refractivity contribution in [2.75, 3.05) is 26.2 Å². The van der Waals surface area contributed by atoms with Gasteiger partial charge in [0.1, 0.15) is 0 Å². The molecule has 0 aromatic carbocycles. The molecule has 0 aromatic rings. The molecule has 2 N–H and O–H groups in total. The molecule has 0 aliphatic rings. The molecule has 39 heavy (non-hydrogen) atoms. The third-order valence-corrected chi connectivity index (χ3v) is 13.6. The number of hydrogen-bond acceptors (Lipinski definition) is 1. The smallest absolute Gasteiger partial charge is 0.324 e. The van der Waals surface area contributed by atoms with E-state index in [2.05, 4.69) is 33.8 Å². The van der Waals surface area contributed by atoms with Gasteiger partial charge in [0.2, 0.25) is 0 Å². The predicted octanol–water partition coefficient (Wildman–Crippen LogP) is 12.4. The molecule has 3 nitrogen and oxygen atoms in total. The Morgan fingerprint density at radius 2 is 0.718 bits per heavy atom. The zero-order valence-electron chi connectivity index (χ0n) is 27.5. The Morgan fingerprint density at radius 3 is 0.949 bits per heavy atom. The maximum absolute atomic E-state index is 11.9. The Hall–Kier alpha value is 0.580. The summed E-state index contributed by atoms with van der Waals surface area (Å²) in [7, 11) is -5.20. The van der Waals surface area contributed by atoms with Crippen molar-refractivity contribution in [3.8, 4) is 0 Å². The van der Waals surface area contributed by atoms with Crippen LogP contribution >= 0.6 is 14.9 Å². The van der Waals surface area contributed by atoms with Gasteiger partial charge in [0.25, 0.3) is 0 Å². The highest BCUT2D eigenvalue weighted by molar-refractivity contribution is 7.75. The molecule has 0 saturated carbocycles. The summed E-state index contributed by atoms with van der Waals surface area (Å²) in [5.41, 5.74) is 0. The van der Waals surface area contributed by atoms with E-state index in [-0.39, 0.29) is 11.3 Å². The van der Waals surface area contributed by atoms with E-state index in [1.54, 1.807) is 0 Å². The summed E-state index contributed by atoms with van der Waals surface area (Å²) in [6.07, 6.45) is 35.8. The molecule has 0 heterocycles. The van der Waals surface area contributed by atoms with E-state index >= 15 is 0 Å². The van der Waals surface area contributed by atoms with Crippen molar-refractivity contribution in [2.24, 2.45) is 0 Å². The second-order valence-electron chi connectivity index (χ2n) is 13.7. The van der Waals surface area contributed by atoms with E-state index in [1.807, 2.05) is 0 Å². The fourth-order valence-electron chi connectivity index (χ4n) is 6.33. The Morgan fingerprint density at radius 1 is 0.462 bits per heavy atom.